The summed E-state index contributed by atoms with van der Waals surface area (Å²) in [4.78, 5) is 10.7. The van der Waals surface area contributed by atoms with E-state index in [1.165, 1.54) is 5.56 Å². The van der Waals surface area contributed by atoms with E-state index < -0.39 is 0 Å². The van der Waals surface area contributed by atoms with Crippen molar-refractivity contribution in [1.82, 2.24) is 0 Å². The third-order valence-electron chi connectivity index (χ3n) is 3.83. The number of fused-ring (bicyclic) bond motifs is 3. The van der Waals surface area contributed by atoms with Crippen LogP contribution in [0, 0.1) is 10.1 Å². The van der Waals surface area contributed by atoms with Gasteiger partial charge in [-0.3, -0.25) is 10.1 Å². The minimum absolute atomic E-state index is 0.131. The van der Waals surface area contributed by atoms with Crippen molar-refractivity contribution in [2.45, 2.75) is 19.3 Å². The number of nitrogens with zero attached hydrogens (tertiary/aromatic N) is 1. The molecule has 0 saturated carbocycles. The lowest BCUT2D eigenvalue weighted by Crippen LogP contribution is -2.15. The molecular formula is C15H12BrNO2. The highest BCUT2D eigenvalue weighted by molar-refractivity contribution is 9.10. The second-order valence-corrected chi connectivity index (χ2v) is 6.13. The van der Waals surface area contributed by atoms with Crippen LogP contribution in [0.2, 0.25) is 0 Å². The molecule has 0 bridgehead atoms. The number of benzene rings is 2. The Bertz CT molecular complexity index is 707. The third kappa shape index (κ3) is 1.63. The topological polar surface area (TPSA) is 43.1 Å². The molecule has 0 heterocycles. The van der Waals surface area contributed by atoms with Crippen LogP contribution >= 0.6 is 15.9 Å². The smallest absolute Gasteiger partial charge is 0.258 e. The molecule has 2 aromatic rings. The second kappa shape index (κ2) is 3.90. The van der Waals surface area contributed by atoms with Crippen LogP contribution in [0.5, 0.6) is 0 Å². The first-order valence-electron chi connectivity index (χ1n) is 6.01. The SMILES string of the molecule is CC1(C)c2ccccc2-c2c(Br)cc([N+](=O)[O-])cc21. The Morgan fingerprint density at radius 2 is 1.84 bits per heavy atom. The van der Waals surface area contributed by atoms with E-state index in [0.717, 1.165) is 21.2 Å². The number of nitro benzene ring substituents is 1. The fraction of sp³-hybridized carbons (Fsp3) is 0.200. The van der Waals surface area contributed by atoms with Gasteiger partial charge in [-0.25, -0.2) is 0 Å². The minimum atomic E-state index is -0.343. The van der Waals surface area contributed by atoms with Crippen LogP contribution in [0.1, 0.15) is 25.0 Å². The Morgan fingerprint density at radius 1 is 1.16 bits per heavy atom. The molecule has 1 aliphatic rings. The number of rotatable bonds is 1. The average Bonchev–Trinajstić information content (AvgIpc) is 2.59. The van der Waals surface area contributed by atoms with E-state index in [1.54, 1.807) is 12.1 Å². The molecule has 3 rings (SSSR count). The van der Waals surface area contributed by atoms with Gasteiger partial charge >= 0.3 is 0 Å². The summed E-state index contributed by atoms with van der Waals surface area (Å²) in [7, 11) is 0. The van der Waals surface area contributed by atoms with Gasteiger partial charge in [0.15, 0.2) is 0 Å². The predicted octanol–water partition coefficient (Wildman–Crippen LogP) is 4.66. The molecule has 0 amide bonds. The van der Waals surface area contributed by atoms with E-state index >= 15 is 0 Å². The van der Waals surface area contributed by atoms with Crippen molar-refractivity contribution in [2.75, 3.05) is 0 Å². The molecule has 0 radical (unpaired) electrons. The highest BCUT2D eigenvalue weighted by atomic mass is 79.9. The summed E-state index contributed by atoms with van der Waals surface area (Å²) in [5.74, 6) is 0. The monoisotopic (exact) mass is 317 g/mol. The molecule has 0 saturated heterocycles. The van der Waals surface area contributed by atoms with Crippen molar-refractivity contribution >= 4 is 21.6 Å². The Morgan fingerprint density at radius 3 is 2.53 bits per heavy atom. The summed E-state index contributed by atoms with van der Waals surface area (Å²) in [5.41, 5.74) is 4.38. The molecule has 2 aromatic carbocycles. The van der Waals surface area contributed by atoms with E-state index in [0.29, 0.717) is 0 Å². The van der Waals surface area contributed by atoms with Crippen LogP contribution in [0.15, 0.2) is 40.9 Å². The predicted molar refractivity (Wildman–Crippen MR) is 78.4 cm³/mol. The lowest BCUT2D eigenvalue weighted by atomic mass is 9.82. The number of non-ortho nitro benzene ring substituents is 1. The summed E-state index contributed by atoms with van der Waals surface area (Å²) < 4.78 is 0.787. The van der Waals surface area contributed by atoms with E-state index in [4.69, 9.17) is 0 Å². The molecule has 3 nitrogen and oxygen atoms in total. The van der Waals surface area contributed by atoms with Gasteiger partial charge in [-0.05, 0) is 32.6 Å². The maximum absolute atomic E-state index is 11.0. The van der Waals surface area contributed by atoms with E-state index in [1.807, 2.05) is 12.1 Å². The minimum Gasteiger partial charge on any atom is -0.258 e. The van der Waals surface area contributed by atoms with Gasteiger partial charge in [-0.1, -0.05) is 38.1 Å². The van der Waals surface area contributed by atoms with Crippen molar-refractivity contribution < 1.29 is 4.92 Å². The zero-order chi connectivity index (χ0) is 13.8. The molecule has 4 heteroatoms. The average molecular weight is 318 g/mol. The van der Waals surface area contributed by atoms with Crippen molar-refractivity contribution in [3.8, 4) is 11.1 Å². The molecule has 0 N–H and O–H groups in total. The normalized spacial score (nSPS) is 14.9. The van der Waals surface area contributed by atoms with Crippen LogP contribution in [0.3, 0.4) is 0 Å². The van der Waals surface area contributed by atoms with Crippen LogP contribution in [0.25, 0.3) is 11.1 Å². The lowest BCUT2D eigenvalue weighted by molar-refractivity contribution is -0.385. The van der Waals surface area contributed by atoms with E-state index in [-0.39, 0.29) is 16.0 Å². The molecule has 0 aliphatic heterocycles. The van der Waals surface area contributed by atoms with Crippen molar-refractivity contribution in [1.29, 1.82) is 0 Å². The zero-order valence-corrected chi connectivity index (χ0v) is 12.2. The quantitative estimate of drug-likeness (QED) is 0.567. The second-order valence-electron chi connectivity index (χ2n) is 5.28. The fourth-order valence-electron chi connectivity index (χ4n) is 2.86. The van der Waals surface area contributed by atoms with Crippen LogP contribution < -0.4 is 0 Å². The molecule has 19 heavy (non-hydrogen) atoms. The van der Waals surface area contributed by atoms with Crippen LogP contribution in [-0.2, 0) is 5.41 Å². The number of hydrogen-bond acceptors (Lipinski definition) is 2. The van der Waals surface area contributed by atoms with Crippen molar-refractivity contribution in [3.05, 3.63) is 62.1 Å². The number of nitro groups is 1. The van der Waals surface area contributed by atoms with Gasteiger partial charge in [-0.2, -0.15) is 0 Å². The third-order valence-corrected chi connectivity index (χ3v) is 4.45. The fourth-order valence-corrected chi connectivity index (χ4v) is 3.52. The summed E-state index contributed by atoms with van der Waals surface area (Å²) in [6, 6.07) is 11.4. The van der Waals surface area contributed by atoms with Crippen LogP contribution in [0.4, 0.5) is 5.69 Å². The van der Waals surface area contributed by atoms with Crippen LogP contribution in [-0.4, -0.2) is 4.92 Å². The first kappa shape index (κ1) is 12.4. The maximum atomic E-state index is 11.0. The largest absolute Gasteiger partial charge is 0.270 e. The molecule has 0 spiro atoms. The molecule has 1 aliphatic carbocycles. The van der Waals surface area contributed by atoms with E-state index in [2.05, 4.69) is 41.9 Å². The molecule has 0 unspecified atom stereocenters. The van der Waals surface area contributed by atoms with Gasteiger partial charge in [0, 0.05) is 27.6 Å². The van der Waals surface area contributed by atoms with Gasteiger partial charge in [0.1, 0.15) is 0 Å². The summed E-state index contributed by atoms with van der Waals surface area (Å²) >= 11 is 3.48. The highest BCUT2D eigenvalue weighted by Gasteiger charge is 2.37. The summed E-state index contributed by atoms with van der Waals surface area (Å²) in [6.07, 6.45) is 0. The molecular weight excluding hydrogens is 306 g/mol. The number of halogens is 1. The standard InChI is InChI=1S/C15H12BrNO2/c1-15(2)11-6-4-3-5-10(11)14-12(15)7-9(17(18)19)8-13(14)16/h3-8H,1-2H3. The van der Waals surface area contributed by atoms with Gasteiger partial charge < -0.3 is 0 Å². The van der Waals surface area contributed by atoms with Crippen molar-refractivity contribution in [2.24, 2.45) is 0 Å². The van der Waals surface area contributed by atoms with Crippen molar-refractivity contribution in [3.63, 3.8) is 0 Å². The summed E-state index contributed by atoms with van der Waals surface area (Å²) in [6.45, 7) is 4.21. The maximum Gasteiger partial charge on any atom is 0.270 e. The Kier molecular flexibility index (Phi) is 2.54. The molecule has 0 aromatic heterocycles. The Labute approximate surface area is 119 Å². The zero-order valence-electron chi connectivity index (χ0n) is 10.6. The first-order valence-corrected chi connectivity index (χ1v) is 6.80. The van der Waals surface area contributed by atoms with Gasteiger partial charge in [0.25, 0.3) is 5.69 Å². The Balaban J connectivity index is 2.39. The molecule has 0 atom stereocenters. The molecule has 96 valence electrons. The lowest BCUT2D eigenvalue weighted by Gasteiger charge is -2.21. The molecule has 0 fully saturated rings. The van der Waals surface area contributed by atoms with Gasteiger partial charge in [0.2, 0.25) is 0 Å². The number of hydrogen-bond donors (Lipinski definition) is 0. The summed E-state index contributed by atoms with van der Waals surface area (Å²) in [5, 5.41) is 11.0. The first-order chi connectivity index (χ1) is 8.93. The van der Waals surface area contributed by atoms with Gasteiger partial charge in [-0.15, -0.1) is 0 Å². The van der Waals surface area contributed by atoms with E-state index in [9.17, 15) is 10.1 Å². The Hall–Kier alpha value is -1.68. The highest BCUT2D eigenvalue weighted by Crippen LogP contribution is 2.52. The van der Waals surface area contributed by atoms with Gasteiger partial charge in [0.05, 0.1) is 4.92 Å².